The quantitative estimate of drug-likeness (QED) is 0.279. The topological polar surface area (TPSA) is 141 Å². The molecule has 0 rings (SSSR count). The first-order valence-electron chi connectivity index (χ1n) is 2.57. The van der Waals surface area contributed by atoms with Crippen LogP contribution in [0.2, 0.25) is 0 Å². The molecule has 0 unspecified atom stereocenters. The van der Waals surface area contributed by atoms with Crippen molar-refractivity contribution in [1.29, 1.82) is 0 Å². The Morgan fingerprint density at radius 1 is 1.38 bits per heavy atom. The summed E-state index contributed by atoms with van der Waals surface area (Å²) in [4.78, 5) is 21.6. The number of hydrogen-bond donors (Lipinski definition) is 4. The maximum atomic E-state index is 9.68. The summed E-state index contributed by atoms with van der Waals surface area (Å²) in [5.41, 5.74) is 0. The van der Waals surface area contributed by atoms with Crippen LogP contribution in [0, 0.1) is 0 Å². The first-order valence-corrected chi connectivity index (χ1v) is 5.50. The molecule has 4 N–H and O–H groups in total. The molecule has 0 aromatic heterocycles. The molecule has 0 atom stereocenters. The van der Waals surface area contributed by atoms with E-state index in [2.05, 4.69) is 10.8 Å². The summed E-state index contributed by atoms with van der Waals surface area (Å²) in [6.07, 6.45) is 1.22. The highest BCUT2D eigenvalue weighted by molar-refractivity contribution is 7.80. The maximum Gasteiger partial charge on any atom is 0.466 e. The lowest BCUT2D eigenvalue weighted by Gasteiger charge is -1.90. The van der Waals surface area contributed by atoms with Crippen molar-refractivity contribution < 1.29 is 36.4 Å². The highest BCUT2D eigenvalue weighted by Gasteiger charge is 2.00. The Kier molecular flexibility index (Phi) is 7.27. The van der Waals surface area contributed by atoms with E-state index in [9.17, 15) is 8.42 Å². The van der Waals surface area contributed by atoms with Crippen molar-refractivity contribution >= 4 is 18.2 Å². The van der Waals surface area contributed by atoms with Gasteiger partial charge in [0.2, 0.25) is 0 Å². The van der Waals surface area contributed by atoms with Crippen molar-refractivity contribution in [2.75, 3.05) is 6.61 Å². The number of hydrogen-bond acceptors (Lipinski definition) is 4. The molecule has 10 heteroatoms. The van der Waals surface area contributed by atoms with E-state index in [0.29, 0.717) is 0 Å². The van der Waals surface area contributed by atoms with Crippen LogP contribution in [0.1, 0.15) is 0 Å². The van der Waals surface area contributed by atoms with Gasteiger partial charge in [0.25, 0.3) is 0 Å². The van der Waals surface area contributed by atoms with Gasteiger partial charge < -0.3 is 14.7 Å². The second-order valence-electron chi connectivity index (χ2n) is 1.51. The average Bonchev–Trinajstić information content (AvgIpc) is 1.77. The van der Waals surface area contributed by atoms with E-state index in [1.54, 1.807) is 0 Å². The van der Waals surface area contributed by atoms with Gasteiger partial charge in [0.15, 0.2) is 0 Å². The summed E-state index contributed by atoms with van der Waals surface area (Å²) in [5.74, 6) is 0. The number of rotatable bonds is 3. The van der Waals surface area contributed by atoms with Gasteiger partial charge in [-0.25, -0.2) is 8.75 Å². The Morgan fingerprint density at radius 2 is 1.69 bits per heavy atom. The molecule has 0 aliphatic heterocycles. The highest BCUT2D eigenvalue weighted by atomic mass is 32.3. The molecule has 0 spiro atoms. The predicted molar refractivity (Wildman–Crippen MR) is 42.0 cm³/mol. The fourth-order valence-electron chi connectivity index (χ4n) is 0.134. The van der Waals surface area contributed by atoms with Gasteiger partial charge in [-0.05, 0) is 0 Å². The van der Waals surface area contributed by atoms with Crippen molar-refractivity contribution in [2.24, 2.45) is 0 Å². The van der Waals surface area contributed by atoms with Crippen molar-refractivity contribution in [1.82, 2.24) is 0 Å². The van der Waals surface area contributed by atoms with Crippen LogP contribution in [-0.4, -0.2) is 34.3 Å². The zero-order valence-electron chi connectivity index (χ0n) is 6.27. The molecule has 0 amide bonds. The van der Waals surface area contributed by atoms with Gasteiger partial charge in [0.05, 0.1) is 6.61 Å². The molecule has 0 aromatic rings. The van der Waals surface area contributed by atoms with Crippen molar-refractivity contribution in [2.45, 2.75) is 0 Å². The second-order valence-corrected chi connectivity index (χ2v) is 3.63. The Hall–Kier alpha value is -0.280. The number of phosphoric acid groups is 1. The van der Waals surface area contributed by atoms with Gasteiger partial charge in [-0.3, -0.25) is 4.55 Å². The highest BCUT2D eigenvalue weighted by Crippen LogP contribution is 2.25. The van der Waals surface area contributed by atoms with Crippen LogP contribution in [0.25, 0.3) is 0 Å². The minimum absolute atomic E-state index is 0.196. The van der Waals surface area contributed by atoms with Gasteiger partial charge in [0, 0.05) is 0 Å². The summed E-state index contributed by atoms with van der Waals surface area (Å²) in [7, 11) is -8.90. The molecule has 0 radical (unpaired) electrons. The molecule has 0 aromatic carbocycles. The molecule has 8 nitrogen and oxygen atoms in total. The van der Waals surface area contributed by atoms with E-state index in [1.807, 2.05) is 0 Å². The van der Waals surface area contributed by atoms with E-state index in [0.717, 1.165) is 0 Å². The van der Waals surface area contributed by atoms with Crippen molar-refractivity contribution in [3.05, 3.63) is 12.7 Å². The van der Waals surface area contributed by atoms with E-state index in [4.69, 9.17) is 23.8 Å². The summed E-state index contributed by atoms with van der Waals surface area (Å²) < 4.78 is 39.9. The first-order chi connectivity index (χ1) is 5.56. The minimum Gasteiger partial charge on any atom is -0.303 e. The van der Waals surface area contributed by atoms with Crippen molar-refractivity contribution in [3.63, 3.8) is 0 Å². The molecule has 0 heterocycles. The van der Waals surface area contributed by atoms with Crippen LogP contribution in [0.5, 0.6) is 0 Å². The SMILES string of the molecule is C=CCOS(=O)(=O)O.O=P(O)(O)O. The standard InChI is InChI=1S/C3H6O4S.H3O4P/c1-2-3-7-8(4,5)6;1-5(2,3)4/h2H,1,3H2,(H,4,5,6);(H3,1,2,3,4). The van der Waals surface area contributed by atoms with E-state index >= 15 is 0 Å². The Labute approximate surface area is 74.7 Å². The van der Waals surface area contributed by atoms with Crippen LogP contribution in [0.4, 0.5) is 0 Å². The molecular weight excluding hydrogens is 227 g/mol. The monoisotopic (exact) mass is 236 g/mol. The summed E-state index contributed by atoms with van der Waals surface area (Å²) in [6.45, 7) is 2.97. The van der Waals surface area contributed by atoms with Crippen LogP contribution in [0.3, 0.4) is 0 Å². The third-order valence-corrected chi connectivity index (χ3v) is 0.769. The molecule has 0 saturated carbocycles. The third-order valence-electron chi connectivity index (χ3n) is 0.335. The smallest absolute Gasteiger partial charge is 0.303 e. The van der Waals surface area contributed by atoms with Crippen LogP contribution >= 0.6 is 7.82 Å². The molecule has 0 saturated heterocycles. The Balaban J connectivity index is 0. The zero-order valence-corrected chi connectivity index (χ0v) is 7.98. The molecule has 0 bridgehead atoms. The van der Waals surface area contributed by atoms with Gasteiger partial charge in [-0.2, -0.15) is 8.42 Å². The van der Waals surface area contributed by atoms with Crippen LogP contribution < -0.4 is 0 Å². The second kappa shape index (κ2) is 6.22. The Morgan fingerprint density at radius 3 is 1.77 bits per heavy atom. The van der Waals surface area contributed by atoms with E-state index in [1.165, 1.54) is 6.08 Å². The van der Waals surface area contributed by atoms with E-state index in [-0.39, 0.29) is 6.61 Å². The lowest BCUT2D eigenvalue weighted by atomic mass is 10.7. The van der Waals surface area contributed by atoms with Gasteiger partial charge in [0.1, 0.15) is 0 Å². The molecule has 80 valence electrons. The zero-order chi connectivity index (χ0) is 11.1. The largest absolute Gasteiger partial charge is 0.466 e. The molecule has 0 fully saturated rings. The molecule has 0 aliphatic carbocycles. The normalized spacial score (nSPS) is 11.4. The van der Waals surface area contributed by atoms with E-state index < -0.39 is 18.2 Å². The first kappa shape index (κ1) is 15.2. The molecular formula is C3H9O8PS. The molecule has 13 heavy (non-hydrogen) atoms. The van der Waals surface area contributed by atoms with Gasteiger partial charge in [-0.1, -0.05) is 6.08 Å². The summed E-state index contributed by atoms with van der Waals surface area (Å²) in [5, 5.41) is 0. The average molecular weight is 236 g/mol. The summed E-state index contributed by atoms with van der Waals surface area (Å²) in [6, 6.07) is 0. The lowest BCUT2D eigenvalue weighted by molar-refractivity contribution is 0.275. The minimum atomic E-state index is -4.64. The third kappa shape index (κ3) is 49.7. The fourth-order valence-corrected chi connectivity index (χ4v) is 0.402. The van der Waals surface area contributed by atoms with Gasteiger partial charge >= 0.3 is 18.2 Å². The molecule has 0 aliphatic rings. The maximum absolute atomic E-state index is 9.68. The summed E-state index contributed by atoms with van der Waals surface area (Å²) >= 11 is 0. The van der Waals surface area contributed by atoms with Crippen LogP contribution in [-0.2, 0) is 19.1 Å². The fraction of sp³-hybridized carbons (Fsp3) is 0.333. The van der Waals surface area contributed by atoms with Crippen molar-refractivity contribution in [3.8, 4) is 0 Å². The lowest BCUT2D eigenvalue weighted by Crippen LogP contribution is -2.02. The Bertz CT molecular complexity index is 265. The van der Waals surface area contributed by atoms with Crippen LogP contribution in [0.15, 0.2) is 12.7 Å². The van der Waals surface area contributed by atoms with Gasteiger partial charge in [-0.15, -0.1) is 6.58 Å². The predicted octanol–water partition coefficient (Wildman–Crippen LogP) is -0.937.